The van der Waals surface area contributed by atoms with E-state index >= 15 is 0 Å². The first-order chi connectivity index (χ1) is 16.3. The largest absolute Gasteiger partial charge is 0.489 e. The highest BCUT2D eigenvalue weighted by molar-refractivity contribution is 8.00. The fourth-order valence-corrected chi connectivity index (χ4v) is 3.27. The summed E-state index contributed by atoms with van der Waals surface area (Å²) in [5.41, 5.74) is 0.0527. The smallest absolute Gasteiger partial charge is 0.446 e. The van der Waals surface area contributed by atoms with E-state index in [1.807, 2.05) is 84.3 Å². The lowest BCUT2D eigenvalue weighted by Gasteiger charge is -2.09. The summed E-state index contributed by atoms with van der Waals surface area (Å²) < 4.78 is 44.8. The standard InChI is InChI=1S/C21H17F3N2OS.3C2H6/c1-4-16-5-7-17(8-6-16)26-15(3)20(14(2)25-26)13-27-18-9-11-19(12-10-18)28-21(22,23)24;3*1-2/h1,5-12H,13H2,2-3H3;3*1-2H3. The summed E-state index contributed by atoms with van der Waals surface area (Å²) in [6, 6.07) is 13.3. The average Bonchev–Trinajstić information content (AvgIpc) is 3.14. The average molecular weight is 493 g/mol. The van der Waals surface area contributed by atoms with Crippen LogP contribution in [0, 0.1) is 26.2 Å². The van der Waals surface area contributed by atoms with Gasteiger partial charge in [0, 0.05) is 21.7 Å². The van der Waals surface area contributed by atoms with Gasteiger partial charge in [0.15, 0.2) is 0 Å². The number of hydrogen-bond acceptors (Lipinski definition) is 3. The zero-order valence-electron chi connectivity index (χ0n) is 21.2. The fourth-order valence-electron chi connectivity index (χ4n) is 2.73. The SMILES string of the molecule is C#Cc1ccc(-n2nc(C)c(COc3ccc(SC(F)(F)F)cc3)c2C)cc1.CC.CC.CC. The van der Waals surface area contributed by atoms with Gasteiger partial charge in [-0.1, -0.05) is 47.5 Å². The fraction of sp³-hybridized carbons (Fsp3) is 0.370. The summed E-state index contributed by atoms with van der Waals surface area (Å²) in [7, 11) is 0. The van der Waals surface area contributed by atoms with Crippen LogP contribution in [0.25, 0.3) is 5.69 Å². The monoisotopic (exact) mass is 492 g/mol. The van der Waals surface area contributed by atoms with Gasteiger partial charge in [-0.15, -0.1) is 6.42 Å². The molecule has 0 amide bonds. The molecule has 186 valence electrons. The number of ether oxygens (including phenoxy) is 1. The van der Waals surface area contributed by atoms with Gasteiger partial charge in [0.05, 0.1) is 11.4 Å². The molecule has 0 N–H and O–H groups in total. The van der Waals surface area contributed by atoms with Gasteiger partial charge in [-0.3, -0.25) is 0 Å². The molecule has 3 nitrogen and oxygen atoms in total. The van der Waals surface area contributed by atoms with Crippen LogP contribution in [-0.2, 0) is 6.61 Å². The number of alkyl halides is 3. The van der Waals surface area contributed by atoms with Crippen LogP contribution in [0.3, 0.4) is 0 Å². The lowest BCUT2D eigenvalue weighted by Crippen LogP contribution is -2.01. The van der Waals surface area contributed by atoms with Crippen molar-refractivity contribution in [3.63, 3.8) is 0 Å². The van der Waals surface area contributed by atoms with E-state index < -0.39 is 5.51 Å². The van der Waals surface area contributed by atoms with Crippen LogP contribution < -0.4 is 4.74 Å². The molecule has 1 heterocycles. The summed E-state index contributed by atoms with van der Waals surface area (Å²) in [5.74, 6) is 3.07. The maximum Gasteiger partial charge on any atom is 0.446 e. The minimum absolute atomic E-state index is 0.121. The summed E-state index contributed by atoms with van der Waals surface area (Å²) in [5, 5.41) is 4.56. The Morgan fingerprint density at radius 3 is 1.91 bits per heavy atom. The van der Waals surface area contributed by atoms with Gasteiger partial charge in [0.25, 0.3) is 0 Å². The van der Waals surface area contributed by atoms with Crippen LogP contribution in [0.5, 0.6) is 5.75 Å². The summed E-state index contributed by atoms with van der Waals surface area (Å²) in [4.78, 5) is 0.121. The predicted molar refractivity (Wildman–Crippen MR) is 138 cm³/mol. The molecule has 3 rings (SSSR count). The number of benzene rings is 2. The molecule has 0 atom stereocenters. The van der Waals surface area contributed by atoms with Crippen molar-refractivity contribution in [3.8, 4) is 23.8 Å². The van der Waals surface area contributed by atoms with E-state index in [4.69, 9.17) is 11.2 Å². The second-order valence-electron chi connectivity index (χ2n) is 6.06. The Labute approximate surface area is 206 Å². The van der Waals surface area contributed by atoms with Crippen LogP contribution in [0.1, 0.15) is 64.1 Å². The van der Waals surface area contributed by atoms with Gasteiger partial charge in [-0.2, -0.15) is 18.3 Å². The normalized spacial score (nSPS) is 9.82. The Balaban J connectivity index is 0.00000168. The molecular formula is C27H35F3N2OS. The van der Waals surface area contributed by atoms with E-state index in [9.17, 15) is 13.2 Å². The quantitative estimate of drug-likeness (QED) is 0.263. The molecule has 0 aliphatic heterocycles. The number of halogens is 3. The molecule has 7 heteroatoms. The van der Waals surface area contributed by atoms with Gasteiger partial charge in [-0.05, 0) is 74.1 Å². The van der Waals surface area contributed by atoms with Crippen molar-refractivity contribution in [2.75, 3.05) is 0 Å². The van der Waals surface area contributed by atoms with E-state index in [0.717, 1.165) is 28.2 Å². The molecule has 0 aliphatic carbocycles. The van der Waals surface area contributed by atoms with Crippen molar-refractivity contribution >= 4 is 11.8 Å². The van der Waals surface area contributed by atoms with Crippen molar-refractivity contribution in [2.24, 2.45) is 0 Å². The Morgan fingerprint density at radius 2 is 1.44 bits per heavy atom. The third-order valence-corrected chi connectivity index (χ3v) is 4.90. The van der Waals surface area contributed by atoms with Crippen LogP contribution in [-0.4, -0.2) is 15.3 Å². The lowest BCUT2D eigenvalue weighted by atomic mass is 10.2. The first-order valence-electron chi connectivity index (χ1n) is 11.4. The second-order valence-corrected chi connectivity index (χ2v) is 7.20. The van der Waals surface area contributed by atoms with Crippen LogP contribution >= 0.6 is 11.8 Å². The first-order valence-corrected chi connectivity index (χ1v) is 12.2. The summed E-state index contributed by atoms with van der Waals surface area (Å²) in [6.07, 6.45) is 5.39. The molecule has 3 aromatic rings. The van der Waals surface area contributed by atoms with Gasteiger partial charge in [0.1, 0.15) is 12.4 Å². The van der Waals surface area contributed by atoms with E-state index in [2.05, 4.69) is 11.0 Å². The van der Waals surface area contributed by atoms with Crippen LogP contribution in [0.15, 0.2) is 53.4 Å². The molecule has 0 radical (unpaired) electrons. The number of aryl methyl sites for hydroxylation is 1. The third kappa shape index (κ3) is 9.56. The zero-order valence-corrected chi connectivity index (χ0v) is 22.1. The highest BCUT2D eigenvalue weighted by Crippen LogP contribution is 2.37. The number of hydrogen-bond donors (Lipinski definition) is 0. The van der Waals surface area contributed by atoms with E-state index in [-0.39, 0.29) is 23.3 Å². The first kappa shape index (κ1) is 31.1. The molecule has 0 saturated heterocycles. The second kappa shape index (κ2) is 15.9. The van der Waals surface area contributed by atoms with Gasteiger partial charge in [0.2, 0.25) is 0 Å². The molecule has 0 unspecified atom stereocenters. The third-order valence-electron chi connectivity index (χ3n) is 4.16. The van der Waals surface area contributed by atoms with Crippen LogP contribution in [0.2, 0.25) is 0 Å². The summed E-state index contributed by atoms with van der Waals surface area (Å²) >= 11 is -0.149. The Morgan fingerprint density at radius 1 is 0.912 bits per heavy atom. The summed E-state index contributed by atoms with van der Waals surface area (Å²) in [6.45, 7) is 16.1. The molecule has 34 heavy (non-hydrogen) atoms. The number of terminal acetylenes is 1. The maximum atomic E-state index is 12.4. The van der Waals surface area contributed by atoms with Gasteiger partial charge in [-0.25, -0.2) is 4.68 Å². The Hall–Kier alpha value is -2.85. The molecule has 0 saturated carbocycles. The molecule has 2 aromatic carbocycles. The number of rotatable bonds is 5. The van der Waals surface area contributed by atoms with E-state index in [1.54, 1.807) is 0 Å². The number of aromatic nitrogens is 2. The lowest BCUT2D eigenvalue weighted by molar-refractivity contribution is -0.0328. The molecular weight excluding hydrogens is 457 g/mol. The molecule has 0 spiro atoms. The van der Waals surface area contributed by atoms with E-state index in [0.29, 0.717) is 5.75 Å². The Kier molecular flexibility index (Phi) is 14.6. The molecule has 0 bridgehead atoms. The Bertz CT molecular complexity index is 1000. The van der Waals surface area contributed by atoms with Crippen molar-refractivity contribution in [1.82, 2.24) is 9.78 Å². The highest BCUT2D eigenvalue weighted by Gasteiger charge is 2.29. The predicted octanol–water partition coefficient (Wildman–Crippen LogP) is 8.74. The topological polar surface area (TPSA) is 27.1 Å². The maximum absolute atomic E-state index is 12.4. The number of thioether (sulfide) groups is 1. The van der Waals surface area contributed by atoms with Gasteiger partial charge < -0.3 is 4.74 Å². The van der Waals surface area contributed by atoms with Crippen molar-refractivity contribution in [1.29, 1.82) is 0 Å². The van der Waals surface area contributed by atoms with Gasteiger partial charge >= 0.3 is 5.51 Å². The van der Waals surface area contributed by atoms with Crippen LogP contribution in [0.4, 0.5) is 13.2 Å². The van der Waals surface area contributed by atoms with Crippen molar-refractivity contribution in [2.45, 2.75) is 72.4 Å². The molecule has 0 aliphatic rings. The minimum atomic E-state index is -4.30. The van der Waals surface area contributed by atoms with E-state index in [1.165, 1.54) is 24.3 Å². The number of nitrogens with zero attached hydrogens (tertiary/aromatic N) is 2. The van der Waals surface area contributed by atoms with Crippen molar-refractivity contribution < 1.29 is 17.9 Å². The molecule has 0 fully saturated rings. The zero-order chi connectivity index (χ0) is 26.3. The minimum Gasteiger partial charge on any atom is -0.489 e. The molecule has 1 aromatic heterocycles. The highest BCUT2D eigenvalue weighted by atomic mass is 32.2. The van der Waals surface area contributed by atoms with Crippen molar-refractivity contribution in [3.05, 3.63) is 71.0 Å².